The van der Waals surface area contributed by atoms with Crippen LogP contribution >= 0.6 is 22.6 Å². The zero-order chi connectivity index (χ0) is 15.6. The lowest BCUT2D eigenvalue weighted by molar-refractivity contribution is -0.130. The molecule has 0 fully saturated rings. The van der Waals surface area contributed by atoms with E-state index in [1.54, 1.807) is 0 Å². The normalized spacial score (nSPS) is 19.1. The van der Waals surface area contributed by atoms with Crippen molar-refractivity contribution in [2.24, 2.45) is 11.3 Å². The van der Waals surface area contributed by atoms with Crippen molar-refractivity contribution in [3.05, 3.63) is 39.0 Å². The number of hydrogen-bond donors (Lipinski definition) is 0. The van der Waals surface area contributed by atoms with Gasteiger partial charge in [0.2, 0.25) is 0 Å². The van der Waals surface area contributed by atoms with Crippen molar-refractivity contribution >= 4 is 28.6 Å². The largest absolute Gasteiger partial charge is 0.422 e. The molecule has 1 unspecified atom stereocenters. The van der Waals surface area contributed by atoms with Gasteiger partial charge in [0.1, 0.15) is 5.75 Å². The molecule has 1 aromatic rings. The number of halogens is 1. The van der Waals surface area contributed by atoms with Crippen LogP contribution in [-0.2, 0) is 4.79 Å². The van der Waals surface area contributed by atoms with Gasteiger partial charge in [0, 0.05) is 5.57 Å². The van der Waals surface area contributed by atoms with Gasteiger partial charge in [-0.25, -0.2) is 4.79 Å². The van der Waals surface area contributed by atoms with Crippen molar-refractivity contribution in [1.82, 2.24) is 0 Å². The van der Waals surface area contributed by atoms with Gasteiger partial charge in [0.05, 0.1) is 3.57 Å². The first-order chi connectivity index (χ1) is 9.77. The highest BCUT2D eigenvalue weighted by Gasteiger charge is 2.28. The fourth-order valence-corrected chi connectivity index (χ4v) is 3.44. The fourth-order valence-electron chi connectivity index (χ4n) is 2.66. The molecule has 0 saturated heterocycles. The van der Waals surface area contributed by atoms with E-state index in [0.717, 1.165) is 28.4 Å². The van der Waals surface area contributed by atoms with Crippen molar-refractivity contribution in [1.29, 1.82) is 0 Å². The summed E-state index contributed by atoms with van der Waals surface area (Å²) in [5.41, 5.74) is 2.30. The summed E-state index contributed by atoms with van der Waals surface area (Å²) in [6.07, 6.45) is 4.93. The summed E-state index contributed by atoms with van der Waals surface area (Å²) < 4.78 is 6.52. The SMILES string of the molecule is Cc1ccc(OC(=O)C2=CCC(C(C)(C)C)CC2)c(I)c1. The van der Waals surface area contributed by atoms with Gasteiger partial charge in [0.25, 0.3) is 0 Å². The van der Waals surface area contributed by atoms with Crippen molar-refractivity contribution in [3.63, 3.8) is 0 Å². The summed E-state index contributed by atoms with van der Waals surface area (Å²) in [4.78, 5) is 12.3. The Morgan fingerprint density at radius 1 is 1.33 bits per heavy atom. The second kappa shape index (κ2) is 6.51. The number of carbonyl (C=O) groups is 1. The van der Waals surface area contributed by atoms with Gasteiger partial charge in [-0.2, -0.15) is 0 Å². The maximum Gasteiger partial charge on any atom is 0.339 e. The predicted octanol–water partition coefficient (Wildman–Crippen LogP) is 5.28. The Labute approximate surface area is 141 Å². The first kappa shape index (κ1) is 16.5. The molecule has 1 aliphatic rings. The van der Waals surface area contributed by atoms with Crippen LogP contribution in [0.1, 0.15) is 45.6 Å². The van der Waals surface area contributed by atoms with Crippen molar-refractivity contribution in [3.8, 4) is 5.75 Å². The number of rotatable bonds is 2. The standard InChI is InChI=1S/C18H23IO2/c1-12-5-10-16(15(19)11-12)21-17(20)13-6-8-14(9-7-13)18(2,3)4/h5-6,10-11,14H,7-9H2,1-4H3. The molecular weight excluding hydrogens is 375 g/mol. The van der Waals surface area contributed by atoms with E-state index < -0.39 is 0 Å². The zero-order valence-corrected chi connectivity index (χ0v) is 15.4. The number of allylic oxidation sites excluding steroid dienone is 1. The molecule has 0 spiro atoms. The molecule has 0 aromatic heterocycles. The van der Waals surface area contributed by atoms with Crippen LogP contribution in [0.15, 0.2) is 29.8 Å². The molecule has 1 aromatic carbocycles. The van der Waals surface area contributed by atoms with E-state index in [0.29, 0.717) is 17.1 Å². The average molecular weight is 398 g/mol. The number of aryl methyl sites for hydroxylation is 1. The van der Waals surface area contributed by atoms with E-state index in [-0.39, 0.29) is 5.97 Å². The maximum absolute atomic E-state index is 12.3. The van der Waals surface area contributed by atoms with Gasteiger partial charge in [-0.1, -0.05) is 32.9 Å². The number of esters is 1. The number of hydrogen-bond acceptors (Lipinski definition) is 2. The van der Waals surface area contributed by atoms with Crippen LogP contribution in [0.5, 0.6) is 5.75 Å². The molecule has 0 amide bonds. The molecule has 0 bridgehead atoms. The van der Waals surface area contributed by atoms with Gasteiger partial charge in [-0.3, -0.25) is 0 Å². The van der Waals surface area contributed by atoms with Crippen LogP contribution in [0, 0.1) is 21.8 Å². The molecule has 3 heteroatoms. The summed E-state index contributed by atoms with van der Waals surface area (Å²) in [6, 6.07) is 5.86. The minimum atomic E-state index is -0.191. The summed E-state index contributed by atoms with van der Waals surface area (Å²) in [6.45, 7) is 8.83. The lowest BCUT2D eigenvalue weighted by atomic mass is 9.73. The molecule has 0 aliphatic heterocycles. The predicted molar refractivity (Wildman–Crippen MR) is 94.4 cm³/mol. The minimum Gasteiger partial charge on any atom is -0.422 e. The van der Waals surface area contributed by atoms with Crippen molar-refractivity contribution in [2.45, 2.75) is 47.0 Å². The molecule has 0 heterocycles. The smallest absolute Gasteiger partial charge is 0.339 e. The van der Waals surface area contributed by atoms with Crippen molar-refractivity contribution < 1.29 is 9.53 Å². The highest BCUT2D eigenvalue weighted by atomic mass is 127. The van der Waals surface area contributed by atoms with E-state index in [4.69, 9.17) is 4.74 Å². The van der Waals surface area contributed by atoms with Crippen molar-refractivity contribution in [2.75, 3.05) is 0 Å². The molecular formula is C18H23IO2. The van der Waals surface area contributed by atoms with E-state index >= 15 is 0 Å². The Morgan fingerprint density at radius 2 is 2.05 bits per heavy atom. The average Bonchev–Trinajstić information content (AvgIpc) is 2.41. The van der Waals surface area contributed by atoms with Gasteiger partial charge >= 0.3 is 5.97 Å². The molecule has 1 aliphatic carbocycles. The highest BCUT2D eigenvalue weighted by Crippen LogP contribution is 2.37. The zero-order valence-electron chi connectivity index (χ0n) is 13.2. The Hall–Kier alpha value is -0.840. The van der Waals surface area contributed by atoms with Crippen LogP contribution in [0.2, 0.25) is 0 Å². The first-order valence-electron chi connectivity index (χ1n) is 7.45. The van der Waals surface area contributed by atoms with Gasteiger partial charge in [0.15, 0.2) is 0 Å². The van der Waals surface area contributed by atoms with Gasteiger partial charge in [-0.05, 0) is 77.8 Å². The summed E-state index contributed by atoms with van der Waals surface area (Å²) in [5.74, 6) is 1.11. The summed E-state index contributed by atoms with van der Waals surface area (Å²) in [7, 11) is 0. The van der Waals surface area contributed by atoms with Gasteiger partial charge < -0.3 is 4.74 Å². The van der Waals surface area contributed by atoms with E-state index in [1.807, 2.05) is 25.1 Å². The van der Waals surface area contributed by atoms with Crippen LogP contribution in [-0.4, -0.2) is 5.97 Å². The topological polar surface area (TPSA) is 26.3 Å². The Kier molecular flexibility index (Phi) is 5.12. The van der Waals surface area contributed by atoms with E-state index in [9.17, 15) is 4.79 Å². The van der Waals surface area contributed by atoms with Gasteiger partial charge in [-0.15, -0.1) is 0 Å². The first-order valence-corrected chi connectivity index (χ1v) is 8.52. The Bertz CT molecular complexity index is 567. The quantitative estimate of drug-likeness (QED) is 0.385. The van der Waals surface area contributed by atoms with E-state index in [1.165, 1.54) is 5.56 Å². The fraction of sp³-hybridized carbons (Fsp3) is 0.500. The second-order valence-electron chi connectivity index (χ2n) is 6.89. The third-order valence-corrected chi connectivity index (χ3v) is 5.03. The lowest BCUT2D eigenvalue weighted by Gasteiger charge is -2.32. The molecule has 1 atom stereocenters. The van der Waals surface area contributed by atoms with Crippen LogP contribution < -0.4 is 4.74 Å². The highest BCUT2D eigenvalue weighted by molar-refractivity contribution is 14.1. The summed E-state index contributed by atoms with van der Waals surface area (Å²) >= 11 is 2.21. The number of ether oxygens (including phenoxy) is 1. The summed E-state index contributed by atoms with van der Waals surface area (Å²) in [5, 5.41) is 0. The lowest BCUT2D eigenvalue weighted by Crippen LogP contribution is -2.24. The number of benzene rings is 1. The molecule has 0 saturated carbocycles. The van der Waals surface area contributed by atoms with Crippen LogP contribution in [0.4, 0.5) is 0 Å². The molecule has 114 valence electrons. The monoisotopic (exact) mass is 398 g/mol. The third-order valence-electron chi connectivity index (χ3n) is 4.19. The molecule has 21 heavy (non-hydrogen) atoms. The van der Waals surface area contributed by atoms with E-state index in [2.05, 4.69) is 49.4 Å². The molecule has 0 N–H and O–H groups in total. The van der Waals surface area contributed by atoms with Crippen LogP contribution in [0.25, 0.3) is 0 Å². The molecule has 2 nitrogen and oxygen atoms in total. The molecule has 2 rings (SSSR count). The molecule has 0 radical (unpaired) electrons. The Balaban J connectivity index is 2.03. The number of carbonyl (C=O) groups excluding carboxylic acids is 1. The maximum atomic E-state index is 12.3. The minimum absolute atomic E-state index is 0.191. The van der Waals surface area contributed by atoms with Crippen LogP contribution in [0.3, 0.4) is 0 Å². The second-order valence-corrected chi connectivity index (χ2v) is 8.05. The Morgan fingerprint density at radius 3 is 2.57 bits per heavy atom. The third kappa shape index (κ3) is 4.31.